The quantitative estimate of drug-likeness (QED) is 0.485. The molecule has 92 valence electrons. The Morgan fingerprint density at radius 3 is 2.94 bits per heavy atom. The number of halogens is 1. The van der Waals surface area contributed by atoms with Gasteiger partial charge in [0.2, 0.25) is 0 Å². The van der Waals surface area contributed by atoms with E-state index in [1.807, 2.05) is 0 Å². The van der Waals surface area contributed by atoms with Gasteiger partial charge in [-0.05, 0) is 31.4 Å². The van der Waals surface area contributed by atoms with Crippen molar-refractivity contribution in [2.75, 3.05) is 6.61 Å². The normalized spacial score (nSPS) is 16.0. The molecule has 0 amide bonds. The van der Waals surface area contributed by atoms with Gasteiger partial charge in [-0.15, -0.1) is 0 Å². The smallest absolute Gasteiger partial charge is 0.131 e. The second-order valence-corrected chi connectivity index (χ2v) is 4.41. The van der Waals surface area contributed by atoms with Crippen molar-refractivity contribution < 1.29 is 14.3 Å². The van der Waals surface area contributed by atoms with E-state index in [4.69, 9.17) is 9.94 Å². The minimum atomic E-state index is -0.346. The van der Waals surface area contributed by atoms with E-state index in [2.05, 4.69) is 5.16 Å². The average Bonchev–Trinajstić information content (AvgIpc) is 3.12. The highest BCUT2D eigenvalue weighted by atomic mass is 19.1. The van der Waals surface area contributed by atoms with Crippen molar-refractivity contribution in [3.8, 4) is 5.75 Å². The molecule has 0 radical (unpaired) electrons. The highest BCUT2D eigenvalue weighted by Gasteiger charge is 2.21. The Balaban J connectivity index is 2.08. The summed E-state index contributed by atoms with van der Waals surface area (Å²) in [7, 11) is 0. The molecule has 2 rings (SSSR count). The Hall–Kier alpha value is -1.58. The van der Waals surface area contributed by atoms with Crippen LogP contribution in [0.15, 0.2) is 23.4 Å². The summed E-state index contributed by atoms with van der Waals surface area (Å²) in [6.45, 7) is 2.24. The van der Waals surface area contributed by atoms with Crippen molar-refractivity contribution >= 4 is 5.71 Å². The summed E-state index contributed by atoms with van der Waals surface area (Å²) in [4.78, 5) is 0. The maximum absolute atomic E-state index is 13.1. The zero-order chi connectivity index (χ0) is 12.3. The van der Waals surface area contributed by atoms with Gasteiger partial charge in [-0.2, -0.15) is 0 Å². The third-order valence-electron chi connectivity index (χ3n) is 2.96. The zero-order valence-corrected chi connectivity index (χ0v) is 9.82. The molecule has 1 N–H and O–H groups in total. The predicted octanol–water partition coefficient (Wildman–Crippen LogP) is 3.20. The van der Waals surface area contributed by atoms with Crippen LogP contribution in [-0.4, -0.2) is 17.5 Å². The van der Waals surface area contributed by atoms with E-state index in [1.165, 1.54) is 25.0 Å². The lowest BCUT2D eigenvalue weighted by Crippen LogP contribution is -2.04. The van der Waals surface area contributed by atoms with Crippen molar-refractivity contribution in [1.29, 1.82) is 0 Å². The summed E-state index contributed by atoms with van der Waals surface area (Å²) in [6.07, 6.45) is 3.55. The van der Waals surface area contributed by atoms with Crippen LogP contribution in [0, 0.1) is 11.7 Å². The molecule has 0 saturated heterocycles. The van der Waals surface area contributed by atoms with E-state index in [0.29, 0.717) is 23.6 Å². The Morgan fingerprint density at radius 1 is 1.53 bits per heavy atom. The van der Waals surface area contributed by atoms with Crippen molar-refractivity contribution in [3.63, 3.8) is 0 Å². The Labute approximate surface area is 99.9 Å². The van der Waals surface area contributed by atoms with Crippen molar-refractivity contribution in [1.82, 2.24) is 0 Å². The molecule has 1 fully saturated rings. The average molecular weight is 237 g/mol. The van der Waals surface area contributed by atoms with Crippen molar-refractivity contribution in [2.45, 2.75) is 26.2 Å². The zero-order valence-electron chi connectivity index (χ0n) is 9.82. The lowest BCUT2D eigenvalue weighted by atomic mass is 10.1. The van der Waals surface area contributed by atoms with E-state index in [0.717, 1.165) is 12.3 Å². The Bertz CT molecular complexity index is 427. The van der Waals surface area contributed by atoms with Gasteiger partial charge in [0.15, 0.2) is 0 Å². The molecule has 1 aromatic rings. The second kappa shape index (κ2) is 5.17. The summed E-state index contributed by atoms with van der Waals surface area (Å²) >= 11 is 0. The standard InChI is InChI=1S/C13H16FNO2/c1-9(15-16)12-5-4-11(14)8-13(12)17-7-6-10-2-3-10/h4-5,8,10,16H,2-3,6-7H2,1H3. The molecule has 0 spiro atoms. The summed E-state index contributed by atoms with van der Waals surface area (Å²) < 4.78 is 18.7. The second-order valence-electron chi connectivity index (χ2n) is 4.41. The highest BCUT2D eigenvalue weighted by Crippen LogP contribution is 2.32. The third kappa shape index (κ3) is 3.19. The van der Waals surface area contributed by atoms with Gasteiger partial charge in [0, 0.05) is 11.6 Å². The first kappa shape index (κ1) is 11.9. The third-order valence-corrected chi connectivity index (χ3v) is 2.96. The molecule has 1 aliphatic carbocycles. The molecule has 0 atom stereocenters. The van der Waals surface area contributed by atoms with Crippen LogP contribution in [0.25, 0.3) is 0 Å². The maximum atomic E-state index is 13.1. The van der Waals surface area contributed by atoms with Crippen LogP contribution in [0.2, 0.25) is 0 Å². The largest absolute Gasteiger partial charge is 0.493 e. The van der Waals surface area contributed by atoms with Gasteiger partial charge in [0.1, 0.15) is 11.6 Å². The van der Waals surface area contributed by atoms with Gasteiger partial charge in [0.05, 0.1) is 12.3 Å². The number of rotatable bonds is 5. The number of nitrogens with zero attached hydrogens (tertiary/aromatic N) is 1. The van der Waals surface area contributed by atoms with Gasteiger partial charge >= 0.3 is 0 Å². The first-order valence-corrected chi connectivity index (χ1v) is 5.82. The van der Waals surface area contributed by atoms with E-state index in [1.54, 1.807) is 13.0 Å². The van der Waals surface area contributed by atoms with E-state index < -0.39 is 0 Å². The molecule has 4 heteroatoms. The highest BCUT2D eigenvalue weighted by molar-refractivity contribution is 6.00. The van der Waals surface area contributed by atoms with Crippen LogP contribution in [-0.2, 0) is 0 Å². The molecule has 0 aliphatic heterocycles. The van der Waals surface area contributed by atoms with Crippen LogP contribution < -0.4 is 4.74 Å². The number of oxime groups is 1. The number of ether oxygens (including phenoxy) is 1. The molecule has 0 heterocycles. The monoisotopic (exact) mass is 237 g/mol. The Kier molecular flexibility index (Phi) is 3.61. The fraction of sp³-hybridized carbons (Fsp3) is 0.462. The lowest BCUT2D eigenvalue weighted by Gasteiger charge is -2.10. The van der Waals surface area contributed by atoms with Crippen LogP contribution in [0.1, 0.15) is 31.7 Å². The van der Waals surface area contributed by atoms with Gasteiger partial charge < -0.3 is 9.94 Å². The molecule has 0 unspecified atom stereocenters. The molecular formula is C13H16FNO2. The molecular weight excluding hydrogens is 221 g/mol. The van der Waals surface area contributed by atoms with E-state index in [9.17, 15) is 4.39 Å². The minimum absolute atomic E-state index is 0.346. The first-order valence-electron chi connectivity index (χ1n) is 5.82. The van der Waals surface area contributed by atoms with E-state index in [-0.39, 0.29) is 5.82 Å². The summed E-state index contributed by atoms with van der Waals surface area (Å²) in [5.74, 6) is 0.876. The van der Waals surface area contributed by atoms with E-state index >= 15 is 0 Å². The number of hydrogen-bond acceptors (Lipinski definition) is 3. The molecule has 17 heavy (non-hydrogen) atoms. The Morgan fingerprint density at radius 2 is 2.29 bits per heavy atom. The summed E-state index contributed by atoms with van der Waals surface area (Å²) in [5, 5.41) is 11.9. The SMILES string of the molecule is CC(=NO)c1ccc(F)cc1OCCC1CC1. The molecule has 1 saturated carbocycles. The van der Waals surface area contributed by atoms with Crippen LogP contribution in [0.4, 0.5) is 4.39 Å². The fourth-order valence-corrected chi connectivity index (χ4v) is 1.71. The van der Waals surface area contributed by atoms with Gasteiger partial charge in [-0.25, -0.2) is 4.39 Å². The number of hydrogen-bond donors (Lipinski definition) is 1. The van der Waals surface area contributed by atoms with Gasteiger partial charge in [0.25, 0.3) is 0 Å². The number of benzene rings is 1. The molecule has 3 nitrogen and oxygen atoms in total. The lowest BCUT2D eigenvalue weighted by molar-refractivity contribution is 0.299. The minimum Gasteiger partial charge on any atom is -0.493 e. The molecule has 0 bridgehead atoms. The predicted molar refractivity (Wildman–Crippen MR) is 63.2 cm³/mol. The van der Waals surface area contributed by atoms with Gasteiger partial charge in [-0.3, -0.25) is 0 Å². The van der Waals surface area contributed by atoms with Crippen molar-refractivity contribution in [2.24, 2.45) is 11.1 Å². The van der Waals surface area contributed by atoms with Crippen molar-refractivity contribution in [3.05, 3.63) is 29.6 Å². The molecule has 1 aliphatic rings. The van der Waals surface area contributed by atoms with Crippen LogP contribution in [0.3, 0.4) is 0 Å². The summed E-state index contributed by atoms with van der Waals surface area (Å²) in [5.41, 5.74) is 1.05. The molecule has 0 aromatic heterocycles. The topological polar surface area (TPSA) is 41.8 Å². The van der Waals surface area contributed by atoms with Crippen LogP contribution >= 0.6 is 0 Å². The first-order chi connectivity index (χ1) is 8.20. The maximum Gasteiger partial charge on any atom is 0.131 e. The van der Waals surface area contributed by atoms with Gasteiger partial charge in [-0.1, -0.05) is 18.0 Å². The van der Waals surface area contributed by atoms with Crippen LogP contribution in [0.5, 0.6) is 5.75 Å². The molecule has 1 aromatic carbocycles. The fourth-order valence-electron chi connectivity index (χ4n) is 1.71. The summed E-state index contributed by atoms with van der Waals surface area (Å²) in [6, 6.07) is 4.23.